The molecule has 0 bridgehead atoms. The highest BCUT2D eigenvalue weighted by atomic mass is 16.5. The van der Waals surface area contributed by atoms with E-state index in [-0.39, 0.29) is 17.4 Å². The maximum Gasteiger partial charge on any atom is 0.307 e. The summed E-state index contributed by atoms with van der Waals surface area (Å²) in [5, 5.41) is 9.31. The number of nitrogens with zero attached hydrogens (tertiary/aromatic N) is 1. The Morgan fingerprint density at radius 1 is 1.20 bits per heavy atom. The van der Waals surface area contributed by atoms with Gasteiger partial charge in [-0.3, -0.25) is 9.59 Å². The first-order valence-corrected chi connectivity index (χ1v) is 7.53. The van der Waals surface area contributed by atoms with E-state index in [1.54, 1.807) is 7.11 Å². The normalized spacial score (nSPS) is 34.8. The SMILES string of the molecule is COC1(C)CCCN(C(=O)[C@@H]2CCCC[C@@H]2C(=O)O)C1. The van der Waals surface area contributed by atoms with Crippen LogP contribution >= 0.6 is 0 Å². The van der Waals surface area contributed by atoms with Crippen LogP contribution in [0.2, 0.25) is 0 Å². The molecule has 0 aromatic carbocycles. The van der Waals surface area contributed by atoms with Gasteiger partial charge >= 0.3 is 5.97 Å². The molecule has 1 amide bonds. The van der Waals surface area contributed by atoms with Crippen LogP contribution in [0.25, 0.3) is 0 Å². The van der Waals surface area contributed by atoms with Gasteiger partial charge in [0.2, 0.25) is 5.91 Å². The Morgan fingerprint density at radius 3 is 2.45 bits per heavy atom. The second kappa shape index (κ2) is 6.12. The molecule has 114 valence electrons. The lowest BCUT2D eigenvalue weighted by Gasteiger charge is -2.42. The average Bonchev–Trinajstić information content (AvgIpc) is 2.46. The van der Waals surface area contributed by atoms with Gasteiger partial charge in [-0.05, 0) is 32.6 Å². The van der Waals surface area contributed by atoms with Crippen molar-refractivity contribution >= 4 is 11.9 Å². The molecule has 1 saturated carbocycles. The van der Waals surface area contributed by atoms with Crippen molar-refractivity contribution in [2.45, 2.75) is 51.0 Å². The third-order valence-corrected chi connectivity index (χ3v) is 4.86. The van der Waals surface area contributed by atoms with Gasteiger partial charge in [0.1, 0.15) is 0 Å². The van der Waals surface area contributed by atoms with E-state index in [9.17, 15) is 14.7 Å². The molecule has 0 radical (unpaired) electrons. The fraction of sp³-hybridized carbons (Fsp3) is 0.867. The summed E-state index contributed by atoms with van der Waals surface area (Å²) in [5.74, 6) is -1.66. The van der Waals surface area contributed by atoms with Crippen molar-refractivity contribution in [2.75, 3.05) is 20.2 Å². The minimum Gasteiger partial charge on any atom is -0.481 e. The van der Waals surface area contributed by atoms with Crippen LogP contribution in [0.5, 0.6) is 0 Å². The molecular weight excluding hydrogens is 258 g/mol. The lowest BCUT2D eigenvalue weighted by atomic mass is 9.78. The van der Waals surface area contributed by atoms with Crippen LogP contribution in [0.15, 0.2) is 0 Å². The molecule has 1 saturated heterocycles. The monoisotopic (exact) mass is 283 g/mol. The van der Waals surface area contributed by atoms with E-state index in [1.165, 1.54) is 0 Å². The first-order valence-electron chi connectivity index (χ1n) is 7.53. The van der Waals surface area contributed by atoms with Crippen LogP contribution in [0, 0.1) is 11.8 Å². The summed E-state index contributed by atoms with van der Waals surface area (Å²) in [6, 6.07) is 0. The zero-order valence-corrected chi connectivity index (χ0v) is 12.4. The minimum absolute atomic E-state index is 0.0140. The summed E-state index contributed by atoms with van der Waals surface area (Å²) in [6.07, 6.45) is 5.06. The van der Waals surface area contributed by atoms with Crippen molar-refractivity contribution in [3.8, 4) is 0 Å². The quantitative estimate of drug-likeness (QED) is 0.859. The summed E-state index contributed by atoms with van der Waals surface area (Å²) in [5.41, 5.74) is -0.290. The third kappa shape index (κ3) is 3.14. The molecular formula is C15H25NO4. The van der Waals surface area contributed by atoms with Crippen molar-refractivity contribution in [2.24, 2.45) is 11.8 Å². The number of carbonyl (C=O) groups excluding carboxylic acids is 1. The van der Waals surface area contributed by atoms with Crippen molar-refractivity contribution in [1.29, 1.82) is 0 Å². The molecule has 3 atom stereocenters. The largest absolute Gasteiger partial charge is 0.481 e. The van der Waals surface area contributed by atoms with E-state index in [1.807, 2.05) is 11.8 Å². The Balaban J connectivity index is 2.07. The standard InChI is InChI=1S/C15H25NO4/c1-15(20-2)8-5-9-16(10-15)13(17)11-6-3-4-7-12(11)14(18)19/h11-12H,3-10H2,1-2H3,(H,18,19)/t11-,12+,15?/m1/s1. The predicted octanol–water partition coefficient (Wildman–Crippen LogP) is 1.90. The number of carboxylic acids is 1. The van der Waals surface area contributed by atoms with Gasteiger partial charge in [0, 0.05) is 20.2 Å². The second-order valence-electron chi connectivity index (χ2n) is 6.35. The number of hydrogen-bond donors (Lipinski definition) is 1. The van der Waals surface area contributed by atoms with Crippen LogP contribution in [-0.2, 0) is 14.3 Å². The number of piperidine rings is 1. The van der Waals surface area contributed by atoms with Gasteiger partial charge in [-0.2, -0.15) is 0 Å². The average molecular weight is 283 g/mol. The smallest absolute Gasteiger partial charge is 0.307 e. The molecule has 1 heterocycles. The van der Waals surface area contributed by atoms with Gasteiger partial charge in [-0.1, -0.05) is 12.8 Å². The molecule has 20 heavy (non-hydrogen) atoms. The van der Waals surface area contributed by atoms with Crippen LogP contribution in [0.4, 0.5) is 0 Å². The molecule has 0 spiro atoms. The van der Waals surface area contributed by atoms with Crippen molar-refractivity contribution in [1.82, 2.24) is 4.90 Å². The van der Waals surface area contributed by atoms with Gasteiger partial charge < -0.3 is 14.7 Å². The zero-order chi connectivity index (χ0) is 14.8. The summed E-state index contributed by atoms with van der Waals surface area (Å²) < 4.78 is 5.51. The molecule has 2 rings (SSSR count). The molecule has 2 fully saturated rings. The third-order valence-electron chi connectivity index (χ3n) is 4.86. The number of amides is 1. The van der Waals surface area contributed by atoms with Gasteiger partial charge in [-0.25, -0.2) is 0 Å². The number of ether oxygens (including phenoxy) is 1. The Morgan fingerprint density at radius 2 is 1.85 bits per heavy atom. The Labute approximate surface area is 120 Å². The number of methoxy groups -OCH3 is 1. The van der Waals surface area contributed by atoms with E-state index in [4.69, 9.17) is 4.74 Å². The predicted molar refractivity (Wildman–Crippen MR) is 74.3 cm³/mol. The van der Waals surface area contributed by atoms with E-state index in [0.717, 1.165) is 32.2 Å². The molecule has 1 aliphatic carbocycles. The lowest BCUT2D eigenvalue weighted by Crippen LogP contribution is -2.52. The lowest BCUT2D eigenvalue weighted by molar-refractivity contribution is -0.155. The van der Waals surface area contributed by atoms with Gasteiger partial charge in [-0.15, -0.1) is 0 Å². The molecule has 2 aliphatic rings. The number of likely N-dealkylation sites (tertiary alicyclic amines) is 1. The number of hydrogen-bond acceptors (Lipinski definition) is 3. The summed E-state index contributed by atoms with van der Waals surface area (Å²) in [7, 11) is 1.68. The van der Waals surface area contributed by atoms with E-state index in [0.29, 0.717) is 19.4 Å². The zero-order valence-electron chi connectivity index (χ0n) is 12.4. The maximum absolute atomic E-state index is 12.7. The number of carbonyl (C=O) groups is 2. The van der Waals surface area contributed by atoms with E-state index in [2.05, 4.69) is 0 Å². The molecule has 1 N–H and O–H groups in total. The van der Waals surface area contributed by atoms with Crippen LogP contribution in [0.3, 0.4) is 0 Å². The fourth-order valence-corrected chi connectivity index (χ4v) is 3.52. The molecule has 5 heteroatoms. The van der Waals surface area contributed by atoms with Gasteiger partial charge in [0.15, 0.2) is 0 Å². The molecule has 1 aliphatic heterocycles. The maximum atomic E-state index is 12.7. The van der Waals surface area contributed by atoms with Crippen LogP contribution in [-0.4, -0.2) is 47.7 Å². The van der Waals surface area contributed by atoms with Crippen LogP contribution in [0.1, 0.15) is 45.4 Å². The summed E-state index contributed by atoms with van der Waals surface area (Å²) in [6.45, 7) is 3.31. The number of carboxylic acid groups (broad SMARTS) is 1. The van der Waals surface area contributed by atoms with Crippen molar-refractivity contribution < 1.29 is 19.4 Å². The van der Waals surface area contributed by atoms with E-state index < -0.39 is 11.9 Å². The van der Waals surface area contributed by atoms with Gasteiger partial charge in [0.25, 0.3) is 0 Å². The first kappa shape index (κ1) is 15.3. The second-order valence-corrected chi connectivity index (χ2v) is 6.35. The Hall–Kier alpha value is -1.10. The molecule has 5 nitrogen and oxygen atoms in total. The highest BCUT2D eigenvalue weighted by Gasteiger charge is 2.41. The Bertz CT molecular complexity index is 384. The molecule has 0 aromatic heterocycles. The van der Waals surface area contributed by atoms with Crippen molar-refractivity contribution in [3.05, 3.63) is 0 Å². The highest BCUT2D eigenvalue weighted by Crippen LogP contribution is 2.33. The summed E-state index contributed by atoms with van der Waals surface area (Å²) >= 11 is 0. The Kier molecular flexibility index (Phi) is 4.68. The molecule has 1 unspecified atom stereocenters. The first-order chi connectivity index (χ1) is 9.47. The highest BCUT2D eigenvalue weighted by molar-refractivity contribution is 5.85. The number of aliphatic carboxylic acids is 1. The van der Waals surface area contributed by atoms with Crippen molar-refractivity contribution in [3.63, 3.8) is 0 Å². The minimum atomic E-state index is -0.824. The van der Waals surface area contributed by atoms with E-state index >= 15 is 0 Å². The number of rotatable bonds is 3. The summed E-state index contributed by atoms with van der Waals surface area (Å²) in [4.78, 5) is 25.8. The van der Waals surface area contributed by atoms with Crippen LogP contribution < -0.4 is 0 Å². The van der Waals surface area contributed by atoms with Gasteiger partial charge in [0.05, 0.1) is 17.4 Å². The molecule has 0 aromatic rings. The topological polar surface area (TPSA) is 66.8 Å². The fourth-order valence-electron chi connectivity index (χ4n) is 3.52.